The van der Waals surface area contributed by atoms with E-state index in [1.54, 1.807) is 4.68 Å². The van der Waals surface area contributed by atoms with Gasteiger partial charge in [0.25, 0.3) is 5.91 Å². The van der Waals surface area contributed by atoms with Gasteiger partial charge in [0, 0.05) is 29.3 Å². The van der Waals surface area contributed by atoms with Gasteiger partial charge in [0.05, 0.1) is 17.3 Å². The second-order valence-electron chi connectivity index (χ2n) is 9.08. The van der Waals surface area contributed by atoms with E-state index in [0.717, 1.165) is 31.2 Å². The van der Waals surface area contributed by atoms with Crippen LogP contribution in [0.3, 0.4) is 0 Å². The Morgan fingerprint density at radius 2 is 1.78 bits per heavy atom. The molecule has 2 heterocycles. The number of aromatic nitrogens is 3. The summed E-state index contributed by atoms with van der Waals surface area (Å²) in [5.74, 6) is 4.27. The molecule has 0 spiro atoms. The fourth-order valence-electron chi connectivity index (χ4n) is 4.09. The van der Waals surface area contributed by atoms with Gasteiger partial charge >= 0.3 is 0 Å². The van der Waals surface area contributed by atoms with Crippen molar-refractivity contribution in [1.82, 2.24) is 20.1 Å². The molecule has 1 saturated carbocycles. The minimum atomic E-state index is -0.702. The molecule has 1 fully saturated rings. The third kappa shape index (κ3) is 6.10. The van der Waals surface area contributed by atoms with E-state index in [1.165, 1.54) is 18.5 Å². The van der Waals surface area contributed by atoms with E-state index in [0.29, 0.717) is 5.56 Å². The second-order valence-corrected chi connectivity index (χ2v) is 9.49. The molecule has 2 amide bonds. The summed E-state index contributed by atoms with van der Waals surface area (Å²) >= 11 is 6.29. The van der Waals surface area contributed by atoms with Crippen LogP contribution >= 0.6 is 11.6 Å². The first kappa shape index (κ1) is 25.4. The van der Waals surface area contributed by atoms with E-state index >= 15 is 0 Å². The van der Waals surface area contributed by atoms with Crippen molar-refractivity contribution in [3.05, 3.63) is 76.5 Å². The van der Waals surface area contributed by atoms with Crippen LogP contribution in [0.25, 0.3) is 0 Å². The number of hydrogen-bond acceptors (Lipinski definition) is 4. The van der Waals surface area contributed by atoms with Crippen molar-refractivity contribution in [2.24, 2.45) is 5.92 Å². The third-order valence-corrected chi connectivity index (χ3v) is 6.35. The van der Waals surface area contributed by atoms with Gasteiger partial charge < -0.3 is 10.6 Å². The molecule has 186 valence electrons. The van der Waals surface area contributed by atoms with Crippen molar-refractivity contribution in [3.63, 3.8) is 0 Å². The Labute approximate surface area is 214 Å². The first-order valence-electron chi connectivity index (χ1n) is 11.9. The maximum Gasteiger partial charge on any atom is 0.276 e. The second kappa shape index (κ2) is 11.4. The standard InChI is InChI=1S/C27H27ClFN5O2/c1-17(2)26(35)32-20-10-12-21(13-11-20)34-24(22(28)16-31-34)27(36)33-25-23(29)14-19(15-30-25)9-8-18-6-4-3-5-7-18/h3-7,14-17,20-21H,10-13H2,1-2H3,(H,32,35)(H,30,33,36). The van der Waals surface area contributed by atoms with Crippen molar-refractivity contribution in [1.29, 1.82) is 0 Å². The summed E-state index contributed by atoms with van der Waals surface area (Å²) in [5, 5.41) is 10.1. The first-order chi connectivity index (χ1) is 17.3. The minimum Gasteiger partial charge on any atom is -0.353 e. The van der Waals surface area contributed by atoms with Crippen LogP contribution in [0, 0.1) is 23.6 Å². The fourth-order valence-corrected chi connectivity index (χ4v) is 4.31. The predicted octanol–water partition coefficient (Wildman–Crippen LogP) is 4.98. The quantitative estimate of drug-likeness (QED) is 0.477. The van der Waals surface area contributed by atoms with Gasteiger partial charge in [-0.3, -0.25) is 14.3 Å². The number of rotatable bonds is 5. The van der Waals surface area contributed by atoms with Gasteiger partial charge in [0.1, 0.15) is 5.69 Å². The molecule has 1 aliphatic carbocycles. The van der Waals surface area contributed by atoms with Crippen molar-refractivity contribution >= 4 is 29.2 Å². The third-order valence-electron chi connectivity index (χ3n) is 6.08. The topological polar surface area (TPSA) is 88.9 Å². The van der Waals surface area contributed by atoms with Crippen LogP contribution in [0.15, 0.2) is 48.8 Å². The fraction of sp³-hybridized carbons (Fsp3) is 0.333. The molecule has 9 heteroatoms. The first-order valence-corrected chi connectivity index (χ1v) is 12.3. The number of anilines is 1. The Morgan fingerprint density at radius 3 is 2.44 bits per heavy atom. The molecule has 0 atom stereocenters. The van der Waals surface area contributed by atoms with Crippen LogP contribution in [0.5, 0.6) is 0 Å². The van der Waals surface area contributed by atoms with Gasteiger partial charge in [-0.25, -0.2) is 9.37 Å². The van der Waals surface area contributed by atoms with Crippen molar-refractivity contribution < 1.29 is 14.0 Å². The Balaban J connectivity index is 1.43. The Hall–Kier alpha value is -3.70. The van der Waals surface area contributed by atoms with Crippen LogP contribution in [-0.4, -0.2) is 32.6 Å². The maximum absolute atomic E-state index is 14.7. The molecule has 36 heavy (non-hydrogen) atoms. The normalized spacial score (nSPS) is 17.2. The number of carbonyl (C=O) groups excluding carboxylic acids is 2. The van der Waals surface area contributed by atoms with Crippen LogP contribution in [0.2, 0.25) is 5.02 Å². The summed E-state index contributed by atoms with van der Waals surface area (Å²) in [7, 11) is 0. The van der Waals surface area contributed by atoms with Gasteiger partial charge in [0.15, 0.2) is 11.6 Å². The lowest BCUT2D eigenvalue weighted by Crippen LogP contribution is -2.40. The highest BCUT2D eigenvalue weighted by atomic mass is 35.5. The summed E-state index contributed by atoms with van der Waals surface area (Å²) in [4.78, 5) is 29.1. The molecule has 2 aromatic heterocycles. The number of hydrogen-bond donors (Lipinski definition) is 2. The lowest BCUT2D eigenvalue weighted by Gasteiger charge is -2.30. The van der Waals surface area contributed by atoms with Crippen LogP contribution < -0.4 is 10.6 Å². The maximum atomic E-state index is 14.7. The predicted molar refractivity (Wildman–Crippen MR) is 136 cm³/mol. The largest absolute Gasteiger partial charge is 0.353 e. The average molecular weight is 508 g/mol. The molecule has 0 saturated heterocycles. The molecule has 0 radical (unpaired) electrons. The zero-order valence-corrected chi connectivity index (χ0v) is 20.8. The summed E-state index contributed by atoms with van der Waals surface area (Å²) in [6.07, 6.45) is 5.80. The van der Waals surface area contributed by atoms with E-state index in [2.05, 4.69) is 32.6 Å². The smallest absolute Gasteiger partial charge is 0.276 e. The number of nitrogens with one attached hydrogen (secondary N) is 2. The zero-order valence-electron chi connectivity index (χ0n) is 20.1. The van der Waals surface area contributed by atoms with Gasteiger partial charge in [0.2, 0.25) is 5.91 Å². The molecule has 1 aromatic carbocycles. The highest BCUT2D eigenvalue weighted by Crippen LogP contribution is 2.31. The highest BCUT2D eigenvalue weighted by Gasteiger charge is 2.29. The monoisotopic (exact) mass is 507 g/mol. The summed E-state index contributed by atoms with van der Waals surface area (Å²) in [6.45, 7) is 3.72. The van der Waals surface area contributed by atoms with Crippen LogP contribution in [0.1, 0.15) is 67.2 Å². The zero-order chi connectivity index (χ0) is 25.7. The van der Waals surface area contributed by atoms with Gasteiger partial charge in [-0.05, 0) is 43.9 Å². The molecule has 4 rings (SSSR count). The molecule has 7 nitrogen and oxygen atoms in total. The number of benzene rings is 1. The molecule has 1 aliphatic rings. The average Bonchev–Trinajstić information content (AvgIpc) is 3.26. The summed E-state index contributed by atoms with van der Waals surface area (Å²) in [6, 6.07) is 10.6. The van der Waals surface area contributed by atoms with E-state index in [-0.39, 0.29) is 40.4 Å². The van der Waals surface area contributed by atoms with E-state index in [4.69, 9.17) is 11.6 Å². The Morgan fingerprint density at radius 1 is 1.08 bits per heavy atom. The van der Waals surface area contributed by atoms with E-state index in [9.17, 15) is 14.0 Å². The molecule has 0 unspecified atom stereocenters. The number of amides is 2. The Bertz CT molecular complexity index is 1300. The Kier molecular flexibility index (Phi) is 8.01. The lowest BCUT2D eigenvalue weighted by atomic mass is 9.90. The molecular weight excluding hydrogens is 481 g/mol. The van der Waals surface area contributed by atoms with Gasteiger partial charge in [-0.1, -0.05) is 55.5 Å². The molecule has 0 bridgehead atoms. The highest BCUT2D eigenvalue weighted by molar-refractivity contribution is 6.34. The summed E-state index contributed by atoms with van der Waals surface area (Å²) in [5.41, 5.74) is 1.34. The van der Waals surface area contributed by atoms with Crippen LogP contribution in [-0.2, 0) is 4.79 Å². The number of nitrogens with zero attached hydrogens (tertiary/aromatic N) is 3. The van der Waals surface area contributed by atoms with E-state index < -0.39 is 11.7 Å². The van der Waals surface area contributed by atoms with Crippen LogP contribution in [0.4, 0.5) is 10.2 Å². The SMILES string of the molecule is CC(C)C(=O)NC1CCC(n2ncc(Cl)c2C(=O)Nc2ncc(C#Cc3ccccc3)cc2F)CC1. The van der Waals surface area contributed by atoms with E-state index in [1.807, 2.05) is 44.2 Å². The number of carbonyl (C=O) groups is 2. The van der Waals surface area contributed by atoms with Crippen molar-refractivity contribution in [2.45, 2.75) is 51.6 Å². The minimum absolute atomic E-state index is 0.0345. The lowest BCUT2D eigenvalue weighted by molar-refractivity contribution is -0.125. The van der Waals surface area contributed by atoms with Gasteiger partial charge in [-0.2, -0.15) is 5.10 Å². The molecule has 2 N–H and O–H groups in total. The number of pyridine rings is 1. The molecule has 3 aromatic rings. The van der Waals surface area contributed by atoms with Crippen molar-refractivity contribution in [2.75, 3.05) is 5.32 Å². The van der Waals surface area contributed by atoms with Crippen molar-refractivity contribution in [3.8, 4) is 11.8 Å². The molecular formula is C27H27ClFN5O2. The number of halogens is 2. The van der Waals surface area contributed by atoms with Gasteiger partial charge in [-0.15, -0.1) is 0 Å². The summed E-state index contributed by atoms with van der Waals surface area (Å²) < 4.78 is 16.3. The molecule has 0 aliphatic heterocycles.